The number of carbonyl (C=O) groups excluding carboxylic acids is 1. The molecule has 2 aliphatic heterocycles. The Bertz CT molecular complexity index is 643. The molecule has 2 atom stereocenters. The molecule has 1 aliphatic carbocycles. The third-order valence-corrected chi connectivity index (χ3v) is 6.91. The first-order valence-corrected chi connectivity index (χ1v) is 10.8. The smallest absolute Gasteiger partial charge is 0.233 e. The second-order valence-corrected chi connectivity index (χ2v) is 9.21. The minimum absolute atomic E-state index is 0. The first kappa shape index (κ1) is 21.4. The van der Waals surface area contributed by atoms with Crippen molar-refractivity contribution in [3.63, 3.8) is 0 Å². The predicted octanol–water partition coefficient (Wildman–Crippen LogP) is 4.02. The molecule has 156 valence electrons. The predicted molar refractivity (Wildman–Crippen MR) is 115 cm³/mol. The van der Waals surface area contributed by atoms with Gasteiger partial charge in [-0.1, -0.05) is 32.4 Å². The zero-order valence-electron chi connectivity index (χ0n) is 17.3. The SMILES string of the molecule is CC(C)COc1ccc(C2(C(=O)N3CC[C@@H]4CNC[C@@H]4CC3)CCC2)cc1.Cl. The van der Waals surface area contributed by atoms with Crippen molar-refractivity contribution in [1.82, 2.24) is 10.2 Å². The molecule has 1 saturated carbocycles. The molecule has 1 aromatic carbocycles. The van der Waals surface area contributed by atoms with Crippen LogP contribution in [0.5, 0.6) is 5.75 Å². The van der Waals surface area contributed by atoms with Crippen molar-refractivity contribution in [3.8, 4) is 5.75 Å². The molecular weight excluding hydrogens is 372 g/mol. The van der Waals surface area contributed by atoms with Crippen LogP contribution in [0.2, 0.25) is 0 Å². The van der Waals surface area contributed by atoms with Gasteiger partial charge in [0.15, 0.2) is 0 Å². The van der Waals surface area contributed by atoms with Gasteiger partial charge in [0.2, 0.25) is 5.91 Å². The average molecular weight is 407 g/mol. The number of nitrogens with one attached hydrogen (secondary N) is 1. The summed E-state index contributed by atoms with van der Waals surface area (Å²) in [5, 5.41) is 3.52. The van der Waals surface area contributed by atoms with E-state index < -0.39 is 0 Å². The average Bonchev–Trinajstić information content (AvgIpc) is 2.98. The van der Waals surface area contributed by atoms with Crippen LogP contribution in [0, 0.1) is 17.8 Å². The number of fused-ring (bicyclic) bond motifs is 1. The first-order valence-electron chi connectivity index (χ1n) is 10.8. The fourth-order valence-electron chi connectivity index (χ4n) is 5.01. The maximum atomic E-state index is 13.6. The summed E-state index contributed by atoms with van der Waals surface area (Å²) in [6.45, 7) is 9.17. The van der Waals surface area contributed by atoms with E-state index in [4.69, 9.17) is 4.74 Å². The van der Waals surface area contributed by atoms with E-state index in [1.54, 1.807) is 0 Å². The zero-order valence-corrected chi connectivity index (χ0v) is 18.1. The summed E-state index contributed by atoms with van der Waals surface area (Å²) in [5.41, 5.74) is 0.899. The van der Waals surface area contributed by atoms with Crippen molar-refractivity contribution in [3.05, 3.63) is 29.8 Å². The highest BCUT2D eigenvalue weighted by atomic mass is 35.5. The summed E-state index contributed by atoms with van der Waals surface area (Å²) in [7, 11) is 0. The molecule has 1 N–H and O–H groups in total. The zero-order chi connectivity index (χ0) is 18.9. The van der Waals surface area contributed by atoms with Crippen molar-refractivity contribution >= 4 is 18.3 Å². The molecule has 0 aromatic heterocycles. The van der Waals surface area contributed by atoms with E-state index in [1.165, 1.54) is 5.56 Å². The van der Waals surface area contributed by atoms with Gasteiger partial charge in [0.05, 0.1) is 12.0 Å². The Morgan fingerprint density at radius 2 is 1.75 bits per heavy atom. The maximum Gasteiger partial charge on any atom is 0.233 e. The molecule has 28 heavy (non-hydrogen) atoms. The van der Waals surface area contributed by atoms with E-state index in [9.17, 15) is 4.79 Å². The molecule has 2 heterocycles. The lowest BCUT2D eigenvalue weighted by atomic mass is 9.63. The van der Waals surface area contributed by atoms with Crippen LogP contribution in [0.3, 0.4) is 0 Å². The van der Waals surface area contributed by atoms with Gasteiger partial charge < -0.3 is 15.0 Å². The summed E-state index contributed by atoms with van der Waals surface area (Å²) in [6.07, 6.45) is 5.44. The Kier molecular flexibility index (Phi) is 6.93. The maximum absolute atomic E-state index is 13.6. The highest BCUT2D eigenvalue weighted by molar-refractivity contribution is 5.89. The largest absolute Gasteiger partial charge is 0.493 e. The molecule has 0 radical (unpaired) electrons. The number of hydrogen-bond acceptors (Lipinski definition) is 3. The molecule has 2 saturated heterocycles. The van der Waals surface area contributed by atoms with Crippen molar-refractivity contribution in [2.45, 2.75) is 51.4 Å². The van der Waals surface area contributed by atoms with Crippen LogP contribution >= 0.6 is 12.4 Å². The minimum atomic E-state index is -0.283. The number of hydrogen-bond donors (Lipinski definition) is 1. The Labute approximate surface area is 175 Å². The van der Waals surface area contributed by atoms with Gasteiger partial charge >= 0.3 is 0 Å². The highest BCUT2D eigenvalue weighted by Crippen LogP contribution is 2.46. The van der Waals surface area contributed by atoms with E-state index in [2.05, 4.69) is 36.2 Å². The summed E-state index contributed by atoms with van der Waals surface area (Å²) in [4.78, 5) is 15.7. The molecule has 1 aromatic rings. The number of halogens is 1. The number of nitrogens with zero attached hydrogens (tertiary/aromatic N) is 1. The van der Waals surface area contributed by atoms with E-state index in [-0.39, 0.29) is 17.8 Å². The number of benzene rings is 1. The van der Waals surface area contributed by atoms with Gasteiger partial charge in [-0.15, -0.1) is 12.4 Å². The summed E-state index contributed by atoms with van der Waals surface area (Å²) < 4.78 is 5.82. The van der Waals surface area contributed by atoms with Crippen molar-refractivity contribution < 1.29 is 9.53 Å². The molecule has 4 rings (SSSR count). The molecule has 1 amide bonds. The third-order valence-electron chi connectivity index (χ3n) is 6.91. The van der Waals surface area contributed by atoms with Crippen LogP contribution in [0.25, 0.3) is 0 Å². The van der Waals surface area contributed by atoms with Crippen LogP contribution in [0.1, 0.15) is 51.5 Å². The topological polar surface area (TPSA) is 41.6 Å². The van der Waals surface area contributed by atoms with Crippen molar-refractivity contribution in [2.24, 2.45) is 17.8 Å². The van der Waals surface area contributed by atoms with E-state index >= 15 is 0 Å². The van der Waals surface area contributed by atoms with Gasteiger partial charge in [-0.05, 0) is 74.2 Å². The van der Waals surface area contributed by atoms with Gasteiger partial charge in [0.25, 0.3) is 0 Å². The number of ether oxygens (including phenoxy) is 1. The molecule has 3 aliphatic rings. The molecule has 3 fully saturated rings. The number of rotatable bonds is 5. The Balaban J connectivity index is 0.00000225. The quantitative estimate of drug-likeness (QED) is 0.802. The van der Waals surface area contributed by atoms with E-state index in [0.29, 0.717) is 11.8 Å². The second kappa shape index (κ2) is 9.04. The monoisotopic (exact) mass is 406 g/mol. The second-order valence-electron chi connectivity index (χ2n) is 9.21. The normalized spacial score (nSPS) is 26.0. The van der Waals surface area contributed by atoms with Crippen LogP contribution in [0.15, 0.2) is 24.3 Å². The first-order chi connectivity index (χ1) is 13.1. The number of likely N-dealkylation sites (tertiary alicyclic amines) is 1. The Morgan fingerprint density at radius 3 is 2.25 bits per heavy atom. The number of carbonyl (C=O) groups is 1. The minimum Gasteiger partial charge on any atom is -0.493 e. The summed E-state index contributed by atoms with van der Waals surface area (Å²) >= 11 is 0. The fraction of sp³-hybridized carbons (Fsp3) is 0.696. The fourth-order valence-corrected chi connectivity index (χ4v) is 5.01. The van der Waals surface area contributed by atoms with Crippen molar-refractivity contribution in [2.75, 3.05) is 32.8 Å². The molecular formula is C23H35ClN2O2. The third kappa shape index (κ3) is 4.18. The van der Waals surface area contributed by atoms with Gasteiger partial charge in [-0.25, -0.2) is 0 Å². The Morgan fingerprint density at radius 1 is 1.14 bits per heavy atom. The van der Waals surface area contributed by atoms with Crippen molar-refractivity contribution in [1.29, 1.82) is 0 Å². The summed E-state index contributed by atoms with van der Waals surface area (Å²) in [6, 6.07) is 8.35. The van der Waals surface area contributed by atoms with E-state index in [1.807, 2.05) is 12.1 Å². The van der Waals surface area contributed by atoms with Crippen LogP contribution in [-0.2, 0) is 10.2 Å². The highest BCUT2D eigenvalue weighted by Gasteiger charge is 2.48. The van der Waals surface area contributed by atoms with Crippen LogP contribution < -0.4 is 10.1 Å². The molecule has 0 bridgehead atoms. The standard InChI is InChI=1S/C23H34N2O2.ClH/c1-17(2)16-27-21-6-4-20(5-7-21)23(10-3-11-23)22(26)25-12-8-18-14-24-15-19(18)9-13-25;/h4-7,17-19,24H,3,8-16H2,1-2H3;1H/t18-,19+;. The lowest BCUT2D eigenvalue weighted by molar-refractivity contribution is -0.141. The molecule has 5 heteroatoms. The lowest BCUT2D eigenvalue weighted by Crippen LogP contribution is -2.51. The number of amides is 1. The molecule has 0 unspecified atom stereocenters. The molecule has 0 spiro atoms. The molecule has 4 nitrogen and oxygen atoms in total. The lowest BCUT2D eigenvalue weighted by Gasteiger charge is -2.44. The van der Waals surface area contributed by atoms with Gasteiger partial charge in [0.1, 0.15) is 5.75 Å². The van der Waals surface area contributed by atoms with Gasteiger partial charge in [-0.3, -0.25) is 4.79 Å². The van der Waals surface area contributed by atoms with Crippen LogP contribution in [-0.4, -0.2) is 43.6 Å². The summed E-state index contributed by atoms with van der Waals surface area (Å²) in [5.74, 6) is 3.32. The van der Waals surface area contributed by atoms with Gasteiger partial charge in [0, 0.05) is 13.1 Å². The van der Waals surface area contributed by atoms with E-state index in [0.717, 1.165) is 82.5 Å². The Hall–Kier alpha value is -1.26. The van der Waals surface area contributed by atoms with Crippen LogP contribution in [0.4, 0.5) is 0 Å². The van der Waals surface area contributed by atoms with Gasteiger partial charge in [-0.2, -0.15) is 0 Å².